The van der Waals surface area contributed by atoms with Crippen LogP contribution in [0.5, 0.6) is 0 Å². The first kappa shape index (κ1) is 14.3. The third-order valence-corrected chi connectivity index (χ3v) is 3.73. The van der Waals surface area contributed by atoms with E-state index >= 15 is 0 Å². The Morgan fingerprint density at radius 3 is 2.32 bits per heavy atom. The van der Waals surface area contributed by atoms with Gasteiger partial charge in [0.1, 0.15) is 5.82 Å². The van der Waals surface area contributed by atoms with E-state index in [1.807, 2.05) is 39.8 Å². The molecule has 1 aliphatic rings. The van der Waals surface area contributed by atoms with E-state index < -0.39 is 0 Å². The predicted octanol–water partition coefficient (Wildman–Crippen LogP) is 0.785. The maximum atomic E-state index is 8.74. The molecule has 1 saturated heterocycles. The summed E-state index contributed by atoms with van der Waals surface area (Å²) >= 11 is 0. The monoisotopic (exact) mass is 264 g/mol. The molecule has 6 heteroatoms. The highest BCUT2D eigenvalue weighted by atomic mass is 16.7. The van der Waals surface area contributed by atoms with E-state index in [1.165, 1.54) is 0 Å². The number of nitrogens with one attached hydrogen (secondary N) is 1. The number of pyridine rings is 1. The second kappa shape index (κ2) is 5.11. The molecule has 19 heavy (non-hydrogen) atoms. The van der Waals surface area contributed by atoms with E-state index in [9.17, 15) is 0 Å². The van der Waals surface area contributed by atoms with Crippen molar-refractivity contribution < 1.29 is 14.4 Å². The van der Waals surface area contributed by atoms with Crippen LogP contribution in [0.1, 0.15) is 27.7 Å². The minimum atomic E-state index is -0.385. The molecule has 0 saturated carbocycles. The van der Waals surface area contributed by atoms with Gasteiger partial charge in [-0.2, -0.15) is 0 Å². The molecule has 0 radical (unpaired) electrons. The normalized spacial score (nSPS) is 20.6. The molecule has 1 aromatic heterocycles. The summed E-state index contributed by atoms with van der Waals surface area (Å²) in [6, 6.07) is 3.78. The third kappa shape index (κ3) is 2.91. The van der Waals surface area contributed by atoms with Gasteiger partial charge in [-0.25, -0.2) is 4.98 Å². The predicted molar refractivity (Wildman–Crippen MR) is 75.5 cm³/mol. The number of aromatic nitrogens is 1. The molecular weight excluding hydrogens is 243 g/mol. The largest absolute Gasteiger partial charge is 0.496 e. The molecule has 2 rings (SSSR count). The van der Waals surface area contributed by atoms with E-state index in [2.05, 4.69) is 10.3 Å². The first-order valence-electron chi connectivity index (χ1n) is 6.52. The zero-order valence-corrected chi connectivity index (χ0v) is 11.9. The summed E-state index contributed by atoms with van der Waals surface area (Å²) in [6.07, 6.45) is 1.74. The number of hydrogen-bond donors (Lipinski definition) is 2. The highest BCUT2D eigenvalue weighted by Crippen LogP contribution is 2.36. The minimum absolute atomic E-state index is 0.0840. The van der Waals surface area contributed by atoms with Crippen LogP contribution in [-0.2, 0) is 9.31 Å². The van der Waals surface area contributed by atoms with Crippen LogP contribution in [0.3, 0.4) is 0 Å². The van der Waals surface area contributed by atoms with Crippen LogP contribution >= 0.6 is 0 Å². The van der Waals surface area contributed by atoms with Gasteiger partial charge in [0, 0.05) is 18.2 Å². The molecule has 0 unspecified atom stereocenters. The van der Waals surface area contributed by atoms with Crippen LogP contribution in [0.15, 0.2) is 18.3 Å². The lowest BCUT2D eigenvalue weighted by Gasteiger charge is -2.32. The Balaban J connectivity index is 2.08. The fourth-order valence-electron chi connectivity index (χ4n) is 1.81. The topological polar surface area (TPSA) is 63.6 Å². The molecule has 2 heterocycles. The molecular formula is C13H21BN2O3. The highest BCUT2D eigenvalue weighted by Gasteiger charge is 2.51. The summed E-state index contributed by atoms with van der Waals surface area (Å²) in [6.45, 7) is 8.67. The van der Waals surface area contributed by atoms with Crippen LogP contribution in [0, 0.1) is 0 Å². The molecule has 0 bridgehead atoms. The highest BCUT2D eigenvalue weighted by molar-refractivity contribution is 6.62. The number of rotatable bonds is 4. The van der Waals surface area contributed by atoms with Gasteiger partial charge in [-0.15, -0.1) is 0 Å². The smallest absolute Gasteiger partial charge is 0.399 e. The van der Waals surface area contributed by atoms with Crippen molar-refractivity contribution in [1.29, 1.82) is 0 Å². The number of aliphatic hydroxyl groups excluding tert-OH is 1. The van der Waals surface area contributed by atoms with Crippen molar-refractivity contribution in [2.75, 3.05) is 18.5 Å². The van der Waals surface area contributed by atoms with E-state index in [-0.39, 0.29) is 24.9 Å². The molecule has 1 aliphatic heterocycles. The van der Waals surface area contributed by atoms with Crippen molar-refractivity contribution in [3.8, 4) is 0 Å². The van der Waals surface area contributed by atoms with Crippen LogP contribution in [-0.4, -0.2) is 41.6 Å². The molecule has 0 atom stereocenters. The van der Waals surface area contributed by atoms with Gasteiger partial charge in [-0.05, 0) is 33.8 Å². The number of aliphatic hydroxyl groups is 1. The zero-order valence-electron chi connectivity index (χ0n) is 11.9. The van der Waals surface area contributed by atoms with E-state index in [1.54, 1.807) is 6.20 Å². The van der Waals surface area contributed by atoms with E-state index in [4.69, 9.17) is 14.4 Å². The number of hydrogen-bond acceptors (Lipinski definition) is 5. The van der Waals surface area contributed by atoms with Crippen molar-refractivity contribution in [2.24, 2.45) is 0 Å². The van der Waals surface area contributed by atoms with Crippen molar-refractivity contribution in [1.82, 2.24) is 4.98 Å². The molecule has 0 aromatic carbocycles. The molecule has 5 nitrogen and oxygen atoms in total. The standard InChI is InChI=1S/C13H21BN2O3/c1-12(2)13(3,4)19-14(18-12)10-5-6-11(16-9-10)15-7-8-17/h5-6,9,17H,7-8H2,1-4H3,(H,15,16). The second-order valence-electron chi connectivity index (χ2n) is 5.72. The number of nitrogens with zero attached hydrogens (tertiary/aromatic N) is 1. The quantitative estimate of drug-likeness (QED) is 0.787. The minimum Gasteiger partial charge on any atom is -0.399 e. The van der Waals surface area contributed by atoms with Crippen molar-refractivity contribution in [3.05, 3.63) is 18.3 Å². The SMILES string of the molecule is CC1(C)OB(c2ccc(NCCO)nc2)OC1(C)C. The maximum absolute atomic E-state index is 8.74. The van der Waals surface area contributed by atoms with Crippen LogP contribution in [0.2, 0.25) is 0 Å². The van der Waals surface area contributed by atoms with Gasteiger partial charge >= 0.3 is 7.12 Å². The first-order chi connectivity index (χ1) is 8.86. The average molecular weight is 264 g/mol. The molecule has 1 aromatic rings. The van der Waals surface area contributed by atoms with Crippen LogP contribution in [0.25, 0.3) is 0 Å². The van der Waals surface area contributed by atoms with Gasteiger partial charge in [0.05, 0.1) is 17.8 Å². The molecule has 0 amide bonds. The Hall–Kier alpha value is -1.11. The van der Waals surface area contributed by atoms with Gasteiger partial charge in [0.25, 0.3) is 0 Å². The lowest BCUT2D eigenvalue weighted by Crippen LogP contribution is -2.41. The Morgan fingerprint density at radius 1 is 1.21 bits per heavy atom. The second-order valence-corrected chi connectivity index (χ2v) is 5.72. The Morgan fingerprint density at radius 2 is 1.84 bits per heavy atom. The summed E-state index contributed by atoms with van der Waals surface area (Å²) in [4.78, 5) is 4.27. The average Bonchev–Trinajstić information content (AvgIpc) is 2.56. The summed E-state index contributed by atoms with van der Waals surface area (Å²) in [5, 5.41) is 11.7. The Kier molecular flexibility index (Phi) is 3.85. The van der Waals surface area contributed by atoms with Gasteiger partial charge < -0.3 is 19.7 Å². The van der Waals surface area contributed by atoms with Gasteiger partial charge in [-0.1, -0.05) is 6.07 Å². The molecule has 2 N–H and O–H groups in total. The summed E-state index contributed by atoms with van der Waals surface area (Å²) < 4.78 is 11.9. The van der Waals surface area contributed by atoms with Gasteiger partial charge in [-0.3, -0.25) is 0 Å². The van der Waals surface area contributed by atoms with E-state index in [0.29, 0.717) is 6.54 Å². The lowest BCUT2D eigenvalue weighted by molar-refractivity contribution is 0.00578. The van der Waals surface area contributed by atoms with Crippen molar-refractivity contribution >= 4 is 18.4 Å². The fraction of sp³-hybridized carbons (Fsp3) is 0.615. The first-order valence-corrected chi connectivity index (χ1v) is 6.52. The Labute approximate surface area is 114 Å². The maximum Gasteiger partial charge on any atom is 0.496 e. The Bertz CT molecular complexity index is 418. The van der Waals surface area contributed by atoms with Gasteiger partial charge in [0.15, 0.2) is 0 Å². The number of anilines is 1. The van der Waals surface area contributed by atoms with Gasteiger partial charge in [0.2, 0.25) is 0 Å². The fourth-order valence-corrected chi connectivity index (χ4v) is 1.81. The van der Waals surface area contributed by atoms with Crippen molar-refractivity contribution in [3.63, 3.8) is 0 Å². The summed E-state index contributed by atoms with van der Waals surface area (Å²) in [7, 11) is -0.385. The lowest BCUT2D eigenvalue weighted by atomic mass is 9.80. The molecule has 0 spiro atoms. The summed E-state index contributed by atoms with van der Waals surface area (Å²) in [5.74, 6) is 0.731. The zero-order chi connectivity index (χ0) is 14.1. The van der Waals surface area contributed by atoms with Crippen LogP contribution < -0.4 is 10.8 Å². The third-order valence-electron chi connectivity index (χ3n) is 3.73. The summed E-state index contributed by atoms with van der Waals surface area (Å²) in [5.41, 5.74) is 0.213. The molecule has 104 valence electrons. The molecule has 0 aliphatic carbocycles. The van der Waals surface area contributed by atoms with E-state index in [0.717, 1.165) is 11.3 Å². The van der Waals surface area contributed by atoms with Crippen molar-refractivity contribution in [2.45, 2.75) is 38.9 Å². The van der Waals surface area contributed by atoms with Crippen LogP contribution in [0.4, 0.5) is 5.82 Å². The molecule has 1 fully saturated rings.